The van der Waals surface area contributed by atoms with E-state index in [1.807, 2.05) is 36.4 Å². The summed E-state index contributed by atoms with van der Waals surface area (Å²) in [6.45, 7) is 2.09. The Morgan fingerprint density at radius 3 is 2.58 bits per heavy atom. The van der Waals surface area contributed by atoms with E-state index in [4.69, 9.17) is 0 Å². The standard InChI is InChI=1S/C20H20BrNO4/c1-12(19(24)22-11-5-10-16(22)20(25)26)17(21)18(23)15-9-4-7-13-6-2-3-8-14(13)15/h2-4,6-9,12,16-17H,5,10-11H2,1H3,(H,25,26)/t12?,16-,17?/m0/s1. The minimum Gasteiger partial charge on any atom is -0.480 e. The second-order valence-electron chi connectivity index (χ2n) is 6.61. The van der Waals surface area contributed by atoms with Crippen LogP contribution in [0.25, 0.3) is 10.8 Å². The first kappa shape index (κ1) is 18.6. The Morgan fingerprint density at radius 2 is 1.85 bits per heavy atom. The van der Waals surface area contributed by atoms with Gasteiger partial charge in [0.15, 0.2) is 5.78 Å². The third-order valence-electron chi connectivity index (χ3n) is 4.96. The van der Waals surface area contributed by atoms with Crippen LogP contribution in [0.2, 0.25) is 0 Å². The van der Waals surface area contributed by atoms with Gasteiger partial charge in [-0.3, -0.25) is 9.59 Å². The second-order valence-corrected chi connectivity index (χ2v) is 7.60. The first-order valence-corrected chi connectivity index (χ1v) is 9.52. The molecule has 0 aliphatic carbocycles. The van der Waals surface area contributed by atoms with E-state index in [1.54, 1.807) is 13.0 Å². The number of carbonyl (C=O) groups excluding carboxylic acids is 2. The largest absolute Gasteiger partial charge is 0.480 e. The van der Waals surface area contributed by atoms with Crippen molar-refractivity contribution in [3.05, 3.63) is 48.0 Å². The monoisotopic (exact) mass is 417 g/mol. The summed E-state index contributed by atoms with van der Waals surface area (Å²) in [4.78, 5) is 37.8. The molecule has 1 heterocycles. The van der Waals surface area contributed by atoms with E-state index < -0.39 is 22.8 Å². The van der Waals surface area contributed by atoms with Crippen LogP contribution in [0.4, 0.5) is 0 Å². The van der Waals surface area contributed by atoms with Crippen molar-refractivity contribution >= 4 is 44.4 Å². The van der Waals surface area contributed by atoms with Crippen molar-refractivity contribution in [2.75, 3.05) is 6.54 Å². The molecule has 3 rings (SSSR count). The summed E-state index contributed by atoms with van der Waals surface area (Å²) in [6, 6.07) is 12.3. The molecule has 0 bridgehead atoms. The van der Waals surface area contributed by atoms with E-state index in [2.05, 4.69) is 15.9 Å². The van der Waals surface area contributed by atoms with Gasteiger partial charge in [-0.05, 0) is 23.6 Å². The van der Waals surface area contributed by atoms with Crippen LogP contribution in [-0.4, -0.2) is 45.1 Å². The Bertz CT molecular complexity index is 861. The Hall–Kier alpha value is -2.21. The average Bonchev–Trinajstić information content (AvgIpc) is 3.15. The van der Waals surface area contributed by atoms with E-state index in [0.29, 0.717) is 24.9 Å². The number of halogens is 1. The number of likely N-dealkylation sites (tertiary alicyclic amines) is 1. The predicted octanol–water partition coefficient (Wildman–Crippen LogP) is 3.50. The number of alkyl halides is 1. The molecular weight excluding hydrogens is 398 g/mol. The van der Waals surface area contributed by atoms with Crippen LogP contribution in [0, 0.1) is 5.92 Å². The molecule has 2 aromatic rings. The highest BCUT2D eigenvalue weighted by Gasteiger charge is 2.39. The number of Topliss-reactive ketones (excluding diaryl/α,β-unsaturated/α-hetero) is 1. The summed E-state index contributed by atoms with van der Waals surface area (Å²) in [5.74, 6) is -2.12. The lowest BCUT2D eigenvalue weighted by Gasteiger charge is -2.27. The molecule has 136 valence electrons. The Balaban J connectivity index is 1.83. The fourth-order valence-electron chi connectivity index (χ4n) is 3.49. The van der Waals surface area contributed by atoms with E-state index in [9.17, 15) is 19.5 Å². The maximum atomic E-state index is 13.0. The average molecular weight is 418 g/mol. The molecule has 26 heavy (non-hydrogen) atoms. The fraction of sp³-hybridized carbons (Fsp3) is 0.350. The summed E-state index contributed by atoms with van der Waals surface area (Å²) in [5, 5.41) is 11.1. The van der Waals surface area contributed by atoms with Crippen molar-refractivity contribution in [2.45, 2.75) is 30.6 Å². The van der Waals surface area contributed by atoms with Gasteiger partial charge in [0.25, 0.3) is 0 Å². The zero-order valence-electron chi connectivity index (χ0n) is 14.4. The van der Waals surface area contributed by atoms with Gasteiger partial charge in [0.2, 0.25) is 5.91 Å². The summed E-state index contributed by atoms with van der Waals surface area (Å²) >= 11 is 3.39. The number of rotatable bonds is 5. The van der Waals surface area contributed by atoms with Crippen molar-refractivity contribution in [3.8, 4) is 0 Å². The van der Waals surface area contributed by atoms with E-state index in [0.717, 1.165) is 10.8 Å². The maximum absolute atomic E-state index is 13.0. The van der Waals surface area contributed by atoms with Crippen molar-refractivity contribution in [1.29, 1.82) is 0 Å². The molecule has 1 aliphatic heterocycles. The molecule has 1 aliphatic rings. The molecule has 0 saturated carbocycles. The number of hydrogen-bond donors (Lipinski definition) is 1. The number of carbonyl (C=O) groups is 3. The zero-order chi connectivity index (χ0) is 18.8. The number of fused-ring (bicyclic) bond motifs is 1. The number of hydrogen-bond acceptors (Lipinski definition) is 3. The van der Waals surface area contributed by atoms with Crippen molar-refractivity contribution in [2.24, 2.45) is 5.92 Å². The van der Waals surface area contributed by atoms with Gasteiger partial charge in [-0.15, -0.1) is 0 Å². The molecule has 1 saturated heterocycles. The van der Waals surface area contributed by atoms with Gasteiger partial charge >= 0.3 is 5.97 Å². The number of benzene rings is 2. The molecule has 1 amide bonds. The second kappa shape index (κ2) is 7.58. The van der Waals surface area contributed by atoms with Gasteiger partial charge in [-0.25, -0.2) is 4.79 Å². The first-order valence-electron chi connectivity index (χ1n) is 8.61. The zero-order valence-corrected chi connectivity index (χ0v) is 16.0. The smallest absolute Gasteiger partial charge is 0.326 e. The SMILES string of the molecule is CC(C(=O)N1CCC[C@H]1C(=O)O)C(Br)C(=O)c1cccc2ccccc12. The van der Waals surface area contributed by atoms with Gasteiger partial charge in [0.05, 0.1) is 10.7 Å². The number of nitrogens with zero attached hydrogens (tertiary/aromatic N) is 1. The van der Waals surface area contributed by atoms with Crippen molar-refractivity contribution < 1.29 is 19.5 Å². The highest BCUT2D eigenvalue weighted by molar-refractivity contribution is 9.10. The van der Waals surface area contributed by atoms with Crippen molar-refractivity contribution in [1.82, 2.24) is 4.90 Å². The topological polar surface area (TPSA) is 74.7 Å². The Morgan fingerprint density at radius 1 is 1.15 bits per heavy atom. The van der Waals surface area contributed by atoms with Crippen LogP contribution in [0.3, 0.4) is 0 Å². The summed E-state index contributed by atoms with van der Waals surface area (Å²) < 4.78 is 0. The van der Waals surface area contributed by atoms with Crippen molar-refractivity contribution in [3.63, 3.8) is 0 Å². The normalized spacial score (nSPS) is 19.3. The minimum absolute atomic E-state index is 0.172. The van der Waals surface area contributed by atoms with Crippen LogP contribution < -0.4 is 0 Å². The number of aliphatic carboxylic acids is 1. The van der Waals surface area contributed by atoms with Crippen LogP contribution in [0.5, 0.6) is 0 Å². The Labute approximate surface area is 160 Å². The predicted molar refractivity (Wildman–Crippen MR) is 103 cm³/mol. The van der Waals surface area contributed by atoms with Crippen LogP contribution in [0.1, 0.15) is 30.1 Å². The highest BCUT2D eigenvalue weighted by Crippen LogP contribution is 2.28. The lowest BCUT2D eigenvalue weighted by molar-refractivity contribution is -0.149. The van der Waals surface area contributed by atoms with E-state index >= 15 is 0 Å². The molecule has 2 unspecified atom stereocenters. The molecule has 0 spiro atoms. The number of carboxylic acid groups (broad SMARTS) is 1. The lowest BCUT2D eigenvalue weighted by Crippen LogP contribution is -2.45. The fourth-order valence-corrected chi connectivity index (χ4v) is 3.96. The third kappa shape index (κ3) is 3.38. The maximum Gasteiger partial charge on any atom is 0.326 e. The van der Waals surface area contributed by atoms with E-state index in [-0.39, 0.29) is 11.7 Å². The quantitative estimate of drug-likeness (QED) is 0.596. The van der Waals surface area contributed by atoms with Gasteiger partial charge in [0, 0.05) is 12.1 Å². The molecule has 2 aromatic carbocycles. The molecule has 0 aromatic heterocycles. The van der Waals surface area contributed by atoms with Gasteiger partial charge in [-0.1, -0.05) is 65.3 Å². The molecule has 6 heteroatoms. The molecule has 5 nitrogen and oxygen atoms in total. The number of ketones is 1. The Kier molecular flexibility index (Phi) is 5.41. The summed E-state index contributed by atoms with van der Waals surface area (Å²) in [6.07, 6.45) is 1.12. The lowest BCUT2D eigenvalue weighted by atomic mass is 9.94. The van der Waals surface area contributed by atoms with Gasteiger partial charge in [0.1, 0.15) is 6.04 Å². The molecule has 1 fully saturated rings. The summed E-state index contributed by atoms with van der Waals surface area (Å²) in [7, 11) is 0. The molecular formula is C20H20BrNO4. The molecule has 0 radical (unpaired) electrons. The minimum atomic E-state index is -0.991. The summed E-state index contributed by atoms with van der Waals surface area (Å²) in [5.41, 5.74) is 0.556. The first-order chi connectivity index (χ1) is 12.4. The molecule has 1 N–H and O–H groups in total. The number of carboxylic acids is 1. The van der Waals surface area contributed by atoms with Gasteiger partial charge in [-0.2, -0.15) is 0 Å². The number of amides is 1. The van der Waals surface area contributed by atoms with Gasteiger partial charge < -0.3 is 10.0 Å². The van der Waals surface area contributed by atoms with Crippen LogP contribution >= 0.6 is 15.9 Å². The molecule has 3 atom stereocenters. The van der Waals surface area contributed by atoms with Crippen LogP contribution in [0.15, 0.2) is 42.5 Å². The third-order valence-corrected chi connectivity index (χ3v) is 6.16. The van der Waals surface area contributed by atoms with Crippen LogP contribution in [-0.2, 0) is 9.59 Å². The highest BCUT2D eigenvalue weighted by atomic mass is 79.9. The van der Waals surface area contributed by atoms with E-state index in [1.165, 1.54) is 4.90 Å².